The number of fused-ring (bicyclic) bond motifs is 1. The molecule has 1 aliphatic heterocycles. The van der Waals surface area contributed by atoms with Crippen LogP contribution in [0.5, 0.6) is 11.5 Å². The van der Waals surface area contributed by atoms with Crippen LogP contribution in [0, 0.1) is 0 Å². The Bertz CT molecular complexity index is 784. The average Bonchev–Trinajstić information content (AvgIpc) is 2.53. The Hall–Kier alpha value is -2.82. The van der Waals surface area contributed by atoms with Gasteiger partial charge in [0.2, 0.25) is 5.91 Å². The molecule has 1 amide bonds. The Kier molecular flexibility index (Phi) is 3.13. The van der Waals surface area contributed by atoms with Crippen LogP contribution in [0.1, 0.15) is 22.8 Å². The van der Waals surface area contributed by atoms with E-state index in [0.29, 0.717) is 16.8 Å². The van der Waals surface area contributed by atoms with Crippen LogP contribution in [-0.4, -0.2) is 23.9 Å². The van der Waals surface area contributed by atoms with Crippen LogP contribution in [0.4, 0.5) is 5.69 Å². The van der Waals surface area contributed by atoms with E-state index in [4.69, 9.17) is 4.74 Å². The van der Waals surface area contributed by atoms with E-state index in [-0.39, 0.29) is 17.3 Å². The van der Waals surface area contributed by atoms with E-state index in [1.165, 1.54) is 19.2 Å². The molecule has 0 radical (unpaired) electrons. The molecule has 1 heterocycles. The minimum absolute atomic E-state index is 0.0427. The standard InChI is InChI=1S/C17H15NO4/c1-17(10-7-8-13(19)14(9-10)22-2)15(20)11-5-3-4-6-12(11)18-16(17)21/h3-9,19H,1-2H3,(H,18,21). The number of anilines is 1. The van der Waals surface area contributed by atoms with Gasteiger partial charge in [-0.25, -0.2) is 0 Å². The summed E-state index contributed by atoms with van der Waals surface area (Å²) < 4.78 is 5.07. The second-order valence-corrected chi connectivity index (χ2v) is 5.34. The summed E-state index contributed by atoms with van der Waals surface area (Å²) in [4.78, 5) is 25.4. The van der Waals surface area contributed by atoms with Crippen molar-refractivity contribution in [3.05, 3.63) is 53.6 Å². The van der Waals surface area contributed by atoms with Gasteiger partial charge < -0.3 is 15.2 Å². The van der Waals surface area contributed by atoms with Gasteiger partial charge in [0.15, 0.2) is 17.3 Å². The summed E-state index contributed by atoms with van der Waals surface area (Å²) in [5.74, 6) is -0.499. The van der Waals surface area contributed by atoms with Crippen molar-refractivity contribution in [2.45, 2.75) is 12.3 Å². The molecule has 3 rings (SSSR count). The number of ketones is 1. The van der Waals surface area contributed by atoms with Gasteiger partial charge in [0.1, 0.15) is 5.41 Å². The number of carbonyl (C=O) groups excluding carboxylic acids is 2. The molecule has 1 aliphatic rings. The summed E-state index contributed by atoms with van der Waals surface area (Å²) >= 11 is 0. The second-order valence-electron chi connectivity index (χ2n) is 5.34. The predicted octanol–water partition coefficient (Wildman–Crippen LogP) is 2.49. The number of para-hydroxylation sites is 1. The number of hydrogen-bond donors (Lipinski definition) is 2. The molecule has 2 N–H and O–H groups in total. The summed E-state index contributed by atoms with van der Waals surface area (Å²) in [5.41, 5.74) is 0.0894. The zero-order valence-electron chi connectivity index (χ0n) is 12.2. The topological polar surface area (TPSA) is 75.6 Å². The number of carbonyl (C=O) groups is 2. The van der Waals surface area contributed by atoms with Gasteiger partial charge in [-0.05, 0) is 36.8 Å². The lowest BCUT2D eigenvalue weighted by Gasteiger charge is -2.32. The minimum Gasteiger partial charge on any atom is -0.504 e. The highest BCUT2D eigenvalue weighted by Gasteiger charge is 2.47. The molecule has 0 saturated heterocycles. The first kappa shape index (κ1) is 14.1. The molecule has 1 unspecified atom stereocenters. The van der Waals surface area contributed by atoms with E-state index in [1.807, 2.05) is 0 Å². The summed E-state index contributed by atoms with van der Waals surface area (Å²) in [6.07, 6.45) is 0. The summed E-state index contributed by atoms with van der Waals surface area (Å²) in [6.45, 7) is 1.58. The predicted molar refractivity (Wildman–Crippen MR) is 81.4 cm³/mol. The van der Waals surface area contributed by atoms with Gasteiger partial charge in [-0.3, -0.25) is 9.59 Å². The molecule has 2 aromatic rings. The van der Waals surface area contributed by atoms with Gasteiger partial charge in [0.25, 0.3) is 0 Å². The van der Waals surface area contributed by atoms with Crippen LogP contribution in [0.3, 0.4) is 0 Å². The number of phenolic OH excluding ortho intramolecular Hbond substituents is 1. The Morgan fingerprint density at radius 3 is 2.59 bits per heavy atom. The fourth-order valence-corrected chi connectivity index (χ4v) is 2.66. The van der Waals surface area contributed by atoms with E-state index in [2.05, 4.69) is 5.32 Å². The van der Waals surface area contributed by atoms with Crippen LogP contribution < -0.4 is 10.1 Å². The Morgan fingerprint density at radius 2 is 1.86 bits per heavy atom. The monoisotopic (exact) mass is 297 g/mol. The molecule has 0 saturated carbocycles. The Morgan fingerprint density at radius 1 is 1.14 bits per heavy atom. The van der Waals surface area contributed by atoms with Crippen LogP contribution in [0.15, 0.2) is 42.5 Å². The van der Waals surface area contributed by atoms with Crippen molar-refractivity contribution in [1.82, 2.24) is 0 Å². The SMILES string of the molecule is COc1cc(C2(C)C(=O)Nc3ccccc3C2=O)ccc1O. The first-order valence-corrected chi connectivity index (χ1v) is 6.81. The molecule has 0 spiro atoms. The van der Waals surface area contributed by atoms with Gasteiger partial charge in [0, 0.05) is 5.56 Å². The molecule has 0 fully saturated rings. The van der Waals surface area contributed by atoms with Crippen LogP contribution in [0.2, 0.25) is 0 Å². The van der Waals surface area contributed by atoms with E-state index in [0.717, 1.165) is 0 Å². The zero-order valence-corrected chi connectivity index (χ0v) is 12.2. The van der Waals surface area contributed by atoms with Gasteiger partial charge in [-0.1, -0.05) is 18.2 Å². The molecule has 5 nitrogen and oxygen atoms in total. The number of amides is 1. The maximum Gasteiger partial charge on any atom is 0.242 e. The van der Waals surface area contributed by atoms with Gasteiger partial charge in [-0.15, -0.1) is 0 Å². The molecular weight excluding hydrogens is 282 g/mol. The minimum atomic E-state index is -1.37. The van der Waals surface area contributed by atoms with Gasteiger partial charge in [0.05, 0.1) is 12.8 Å². The summed E-state index contributed by atoms with van der Waals surface area (Å²) in [5, 5.41) is 12.5. The smallest absolute Gasteiger partial charge is 0.242 e. The number of hydrogen-bond acceptors (Lipinski definition) is 4. The van der Waals surface area contributed by atoms with E-state index in [1.54, 1.807) is 37.3 Å². The number of methoxy groups -OCH3 is 1. The third-order valence-corrected chi connectivity index (χ3v) is 4.09. The fraction of sp³-hybridized carbons (Fsp3) is 0.176. The molecule has 0 bridgehead atoms. The quantitative estimate of drug-likeness (QED) is 0.835. The third-order valence-electron chi connectivity index (χ3n) is 4.09. The maximum atomic E-state index is 12.9. The molecule has 5 heteroatoms. The number of rotatable bonds is 2. The molecule has 1 atom stereocenters. The first-order chi connectivity index (χ1) is 10.5. The van der Waals surface area contributed by atoms with Crippen LogP contribution in [-0.2, 0) is 10.2 Å². The highest BCUT2D eigenvalue weighted by Crippen LogP contribution is 2.39. The lowest BCUT2D eigenvalue weighted by molar-refractivity contribution is -0.119. The number of aromatic hydroxyl groups is 1. The van der Waals surface area contributed by atoms with E-state index in [9.17, 15) is 14.7 Å². The fourth-order valence-electron chi connectivity index (χ4n) is 2.66. The lowest BCUT2D eigenvalue weighted by atomic mass is 9.73. The van der Waals surface area contributed by atoms with Crippen molar-refractivity contribution in [3.8, 4) is 11.5 Å². The zero-order chi connectivity index (χ0) is 15.9. The van der Waals surface area contributed by atoms with Crippen LogP contribution in [0.25, 0.3) is 0 Å². The summed E-state index contributed by atoms with van der Waals surface area (Å²) in [6, 6.07) is 11.4. The molecule has 0 aromatic heterocycles. The van der Waals surface area contributed by atoms with Crippen LogP contribution >= 0.6 is 0 Å². The van der Waals surface area contributed by atoms with Gasteiger partial charge in [-0.2, -0.15) is 0 Å². The number of nitrogens with one attached hydrogen (secondary N) is 1. The molecular formula is C17H15NO4. The maximum absolute atomic E-state index is 12.9. The molecule has 112 valence electrons. The van der Waals surface area contributed by atoms with Gasteiger partial charge >= 0.3 is 0 Å². The largest absolute Gasteiger partial charge is 0.504 e. The van der Waals surface area contributed by atoms with Crippen molar-refractivity contribution >= 4 is 17.4 Å². The highest BCUT2D eigenvalue weighted by molar-refractivity contribution is 6.27. The normalized spacial score (nSPS) is 20.3. The van der Waals surface area contributed by atoms with Crippen molar-refractivity contribution < 1.29 is 19.4 Å². The summed E-state index contributed by atoms with van der Waals surface area (Å²) in [7, 11) is 1.42. The Labute approximate surface area is 127 Å². The van der Waals surface area contributed by atoms with Crippen molar-refractivity contribution in [2.24, 2.45) is 0 Å². The number of Topliss-reactive ketones (excluding diaryl/α,β-unsaturated/α-hetero) is 1. The third kappa shape index (κ3) is 1.86. The number of ether oxygens (including phenoxy) is 1. The van der Waals surface area contributed by atoms with Crippen molar-refractivity contribution in [2.75, 3.05) is 12.4 Å². The molecule has 0 aliphatic carbocycles. The van der Waals surface area contributed by atoms with Crippen molar-refractivity contribution in [1.29, 1.82) is 0 Å². The lowest BCUT2D eigenvalue weighted by Crippen LogP contribution is -2.48. The van der Waals surface area contributed by atoms with Crippen molar-refractivity contribution in [3.63, 3.8) is 0 Å². The number of benzene rings is 2. The second kappa shape index (κ2) is 4.87. The van der Waals surface area contributed by atoms with E-state index < -0.39 is 11.3 Å². The number of phenols is 1. The van der Waals surface area contributed by atoms with E-state index >= 15 is 0 Å². The average molecular weight is 297 g/mol. The molecule has 22 heavy (non-hydrogen) atoms. The highest BCUT2D eigenvalue weighted by atomic mass is 16.5. The first-order valence-electron chi connectivity index (χ1n) is 6.81. The molecule has 2 aromatic carbocycles. The Balaban J connectivity index is 2.17.